The van der Waals surface area contributed by atoms with Gasteiger partial charge in [0.25, 0.3) is 10.0 Å². The Balaban J connectivity index is 1.74. The number of ether oxygens (including phenoxy) is 2. The number of methoxy groups -OCH3 is 1. The second-order valence-electron chi connectivity index (χ2n) is 7.82. The van der Waals surface area contributed by atoms with E-state index < -0.39 is 20.0 Å². The van der Waals surface area contributed by atoms with Gasteiger partial charge in [-0.15, -0.1) is 0 Å². The molecule has 1 atom stereocenters. The van der Waals surface area contributed by atoms with Crippen molar-refractivity contribution in [1.29, 1.82) is 0 Å². The fraction of sp³-hybridized carbons (Fsp3) is 0.429. The summed E-state index contributed by atoms with van der Waals surface area (Å²) in [7, 11) is -6.12. The molecule has 31 heavy (non-hydrogen) atoms. The van der Waals surface area contributed by atoms with E-state index in [1.54, 1.807) is 30.3 Å². The zero-order chi connectivity index (χ0) is 22.4. The number of hydrogen-bond acceptors (Lipinski definition) is 6. The Kier molecular flexibility index (Phi) is 5.76. The van der Waals surface area contributed by atoms with Gasteiger partial charge in [-0.1, -0.05) is 6.07 Å². The topological polar surface area (TPSA) is 93.2 Å². The first-order valence-corrected chi connectivity index (χ1v) is 12.9. The minimum Gasteiger partial charge on any atom is -0.495 e. The molecule has 0 unspecified atom stereocenters. The summed E-state index contributed by atoms with van der Waals surface area (Å²) in [5, 5.41) is 0. The number of fused-ring (bicyclic) bond motifs is 1. The lowest BCUT2D eigenvalue weighted by molar-refractivity contribution is 0.0730. The summed E-state index contributed by atoms with van der Waals surface area (Å²) in [4.78, 5) is 0.271. The van der Waals surface area contributed by atoms with Crippen LogP contribution in [0.15, 0.2) is 46.2 Å². The smallest absolute Gasteiger partial charge is 0.268 e. The number of aryl methyl sites for hydroxylation is 1. The maximum absolute atomic E-state index is 13.6. The van der Waals surface area contributed by atoms with Gasteiger partial charge in [-0.05, 0) is 61.7 Å². The summed E-state index contributed by atoms with van der Waals surface area (Å²) >= 11 is 0. The molecule has 0 amide bonds. The summed E-state index contributed by atoms with van der Waals surface area (Å²) in [5.41, 5.74) is 1.99. The van der Waals surface area contributed by atoms with E-state index in [1.807, 2.05) is 13.8 Å². The van der Waals surface area contributed by atoms with Gasteiger partial charge < -0.3 is 9.47 Å². The first-order chi connectivity index (χ1) is 14.7. The molecule has 2 aliphatic heterocycles. The maximum atomic E-state index is 13.6. The third kappa shape index (κ3) is 3.82. The Morgan fingerprint density at radius 1 is 1.00 bits per heavy atom. The molecule has 2 aromatic rings. The standard InChI is InChI=1S/C21H26N2O6S2/c1-15-4-7-20(28-3)21(12-15)31(26,27)23-16(2)13-17-14-18(5-6-19(17)23)30(24,25)22-8-10-29-11-9-22/h4-7,12,14,16H,8-11,13H2,1-3H3/t16-/m0/s1. The zero-order valence-corrected chi connectivity index (χ0v) is 19.4. The van der Waals surface area contributed by atoms with Gasteiger partial charge in [0.1, 0.15) is 10.6 Å². The van der Waals surface area contributed by atoms with E-state index in [-0.39, 0.29) is 21.6 Å². The van der Waals surface area contributed by atoms with Crippen molar-refractivity contribution in [2.24, 2.45) is 0 Å². The molecule has 2 heterocycles. The number of sulfonamides is 2. The quantitative estimate of drug-likeness (QED) is 0.671. The number of nitrogens with zero attached hydrogens (tertiary/aromatic N) is 2. The van der Waals surface area contributed by atoms with Crippen LogP contribution in [0.1, 0.15) is 18.1 Å². The zero-order valence-electron chi connectivity index (χ0n) is 17.7. The van der Waals surface area contributed by atoms with Crippen molar-refractivity contribution in [3.8, 4) is 5.75 Å². The van der Waals surface area contributed by atoms with Crippen molar-refractivity contribution < 1.29 is 26.3 Å². The molecule has 4 rings (SSSR count). The van der Waals surface area contributed by atoms with Crippen LogP contribution in [0.25, 0.3) is 0 Å². The fourth-order valence-corrected chi connectivity index (χ4v) is 7.53. The van der Waals surface area contributed by atoms with Gasteiger partial charge in [0.05, 0.1) is 30.9 Å². The van der Waals surface area contributed by atoms with Crippen molar-refractivity contribution >= 4 is 25.7 Å². The van der Waals surface area contributed by atoms with E-state index in [2.05, 4.69) is 0 Å². The summed E-state index contributed by atoms with van der Waals surface area (Å²) in [6.45, 7) is 4.99. The Hall–Kier alpha value is -2.14. The largest absolute Gasteiger partial charge is 0.495 e. The van der Waals surface area contributed by atoms with Crippen LogP contribution in [-0.2, 0) is 31.2 Å². The monoisotopic (exact) mass is 466 g/mol. The molecule has 168 valence electrons. The predicted molar refractivity (Wildman–Crippen MR) is 117 cm³/mol. The van der Waals surface area contributed by atoms with Crippen LogP contribution >= 0.6 is 0 Å². The SMILES string of the molecule is COc1ccc(C)cc1S(=O)(=O)N1c2ccc(S(=O)(=O)N3CCOCC3)cc2C[C@@H]1C. The highest BCUT2D eigenvalue weighted by Crippen LogP contribution is 2.40. The molecule has 10 heteroatoms. The van der Waals surface area contributed by atoms with E-state index in [9.17, 15) is 16.8 Å². The lowest BCUT2D eigenvalue weighted by Crippen LogP contribution is -2.40. The highest BCUT2D eigenvalue weighted by molar-refractivity contribution is 7.93. The normalized spacial score (nSPS) is 20.0. The van der Waals surface area contributed by atoms with Crippen molar-refractivity contribution in [3.63, 3.8) is 0 Å². The molecule has 0 saturated carbocycles. The number of benzene rings is 2. The highest BCUT2D eigenvalue weighted by Gasteiger charge is 2.38. The van der Waals surface area contributed by atoms with Crippen LogP contribution in [0.3, 0.4) is 0 Å². The van der Waals surface area contributed by atoms with E-state index in [0.29, 0.717) is 44.0 Å². The molecule has 8 nitrogen and oxygen atoms in total. The molecule has 0 aliphatic carbocycles. The molecule has 2 aliphatic rings. The maximum Gasteiger partial charge on any atom is 0.268 e. The van der Waals surface area contributed by atoms with Crippen LogP contribution in [0, 0.1) is 6.92 Å². The third-order valence-corrected chi connectivity index (χ3v) is 9.51. The summed E-state index contributed by atoms with van der Waals surface area (Å²) < 4.78 is 66.5. The first-order valence-electron chi connectivity index (χ1n) is 10.1. The van der Waals surface area contributed by atoms with Crippen LogP contribution in [0.4, 0.5) is 5.69 Å². The molecule has 2 aromatic carbocycles. The molecule has 0 radical (unpaired) electrons. The third-order valence-electron chi connectivity index (χ3n) is 5.67. The summed E-state index contributed by atoms with van der Waals surface area (Å²) in [5.74, 6) is 0.276. The number of hydrogen-bond donors (Lipinski definition) is 0. The van der Waals surface area contributed by atoms with E-state index in [4.69, 9.17) is 9.47 Å². The van der Waals surface area contributed by atoms with Crippen molar-refractivity contribution in [3.05, 3.63) is 47.5 Å². The minimum absolute atomic E-state index is 0.0970. The van der Waals surface area contributed by atoms with E-state index >= 15 is 0 Å². The van der Waals surface area contributed by atoms with Gasteiger partial charge in [-0.2, -0.15) is 4.31 Å². The average Bonchev–Trinajstić information content (AvgIpc) is 3.10. The van der Waals surface area contributed by atoms with E-state index in [0.717, 1.165) is 5.56 Å². The van der Waals surface area contributed by atoms with Crippen LogP contribution < -0.4 is 9.04 Å². The first kappa shape index (κ1) is 22.1. The average molecular weight is 467 g/mol. The molecule has 0 aromatic heterocycles. The Bertz CT molecular complexity index is 1200. The molecular formula is C21H26N2O6S2. The fourth-order valence-electron chi connectivity index (χ4n) is 4.13. The van der Waals surface area contributed by atoms with Gasteiger partial charge >= 0.3 is 0 Å². The minimum atomic E-state index is -3.90. The van der Waals surface area contributed by atoms with Crippen LogP contribution in [0.2, 0.25) is 0 Å². The summed E-state index contributed by atoms with van der Waals surface area (Å²) in [6, 6.07) is 9.34. The lowest BCUT2D eigenvalue weighted by Gasteiger charge is -2.27. The number of morpholine rings is 1. The predicted octanol–water partition coefficient (Wildman–Crippen LogP) is 2.16. The second-order valence-corrected chi connectivity index (χ2v) is 11.5. The van der Waals surface area contributed by atoms with Crippen molar-refractivity contribution in [2.45, 2.75) is 36.1 Å². The van der Waals surface area contributed by atoms with Gasteiger partial charge in [-0.3, -0.25) is 4.31 Å². The van der Waals surface area contributed by atoms with Crippen LogP contribution in [0.5, 0.6) is 5.75 Å². The number of anilines is 1. The van der Waals surface area contributed by atoms with Gasteiger partial charge in [0.2, 0.25) is 10.0 Å². The van der Waals surface area contributed by atoms with Gasteiger partial charge in [-0.25, -0.2) is 16.8 Å². The lowest BCUT2D eigenvalue weighted by atomic mass is 10.1. The molecular weight excluding hydrogens is 440 g/mol. The molecule has 0 spiro atoms. The van der Waals surface area contributed by atoms with E-state index in [1.165, 1.54) is 21.8 Å². The Morgan fingerprint density at radius 2 is 1.71 bits per heavy atom. The number of rotatable bonds is 5. The van der Waals surface area contributed by atoms with Gasteiger partial charge in [0, 0.05) is 19.1 Å². The summed E-state index contributed by atoms with van der Waals surface area (Å²) in [6.07, 6.45) is 0.426. The van der Waals surface area contributed by atoms with Crippen molar-refractivity contribution in [1.82, 2.24) is 4.31 Å². The van der Waals surface area contributed by atoms with Crippen LogP contribution in [-0.4, -0.2) is 60.6 Å². The molecule has 1 fully saturated rings. The second kappa shape index (κ2) is 8.09. The van der Waals surface area contributed by atoms with Crippen molar-refractivity contribution in [2.75, 3.05) is 37.7 Å². The molecule has 0 N–H and O–H groups in total. The highest BCUT2D eigenvalue weighted by atomic mass is 32.2. The Morgan fingerprint density at radius 3 is 2.39 bits per heavy atom. The molecule has 1 saturated heterocycles. The Labute approximate surface area is 183 Å². The van der Waals surface area contributed by atoms with Gasteiger partial charge in [0.15, 0.2) is 0 Å². The molecule has 0 bridgehead atoms.